The number of aromatic nitrogens is 2. The molecule has 0 amide bonds. The van der Waals surface area contributed by atoms with Crippen LogP contribution in [0.5, 0.6) is 0 Å². The van der Waals surface area contributed by atoms with Gasteiger partial charge in [0, 0.05) is 25.8 Å². The number of hydrogen-bond acceptors (Lipinski definition) is 4. The van der Waals surface area contributed by atoms with E-state index in [4.69, 9.17) is 0 Å². The predicted molar refractivity (Wildman–Crippen MR) is 86.6 cm³/mol. The van der Waals surface area contributed by atoms with Crippen molar-refractivity contribution in [2.75, 3.05) is 23.3 Å². The molecule has 1 aromatic carbocycles. The first-order chi connectivity index (χ1) is 10.4. The molecule has 2 heterocycles. The number of anilines is 2. The average molecular weight is 282 g/mol. The van der Waals surface area contributed by atoms with Gasteiger partial charge >= 0.3 is 0 Å². The van der Waals surface area contributed by atoms with E-state index in [1.165, 1.54) is 17.5 Å². The highest BCUT2D eigenvalue weighted by atomic mass is 15.3. The number of benzene rings is 1. The van der Waals surface area contributed by atoms with Gasteiger partial charge in [-0.25, -0.2) is 4.98 Å². The second-order valence-electron chi connectivity index (χ2n) is 5.46. The van der Waals surface area contributed by atoms with Gasteiger partial charge in [0.2, 0.25) is 5.95 Å². The largest absolute Gasteiger partial charge is 0.370 e. The smallest absolute Gasteiger partial charge is 0.227 e. The van der Waals surface area contributed by atoms with E-state index in [2.05, 4.69) is 51.4 Å². The molecule has 4 nitrogen and oxygen atoms in total. The highest BCUT2D eigenvalue weighted by molar-refractivity contribution is 5.44. The number of unbranched alkanes of at least 4 members (excludes halogenated alkanes) is 1. The number of nitrogens with zero attached hydrogens (tertiary/aromatic N) is 3. The fraction of sp³-hybridized carbons (Fsp3) is 0.412. The van der Waals surface area contributed by atoms with Crippen molar-refractivity contribution in [2.45, 2.75) is 32.7 Å². The van der Waals surface area contributed by atoms with Crippen LogP contribution < -0.4 is 10.2 Å². The van der Waals surface area contributed by atoms with Crippen molar-refractivity contribution in [3.63, 3.8) is 0 Å². The maximum absolute atomic E-state index is 4.64. The van der Waals surface area contributed by atoms with Gasteiger partial charge in [-0.1, -0.05) is 37.6 Å². The highest BCUT2D eigenvalue weighted by Crippen LogP contribution is 2.22. The molecule has 0 saturated carbocycles. The zero-order valence-electron chi connectivity index (χ0n) is 12.5. The fourth-order valence-corrected chi connectivity index (χ4v) is 2.66. The van der Waals surface area contributed by atoms with E-state index in [1.807, 2.05) is 12.3 Å². The van der Waals surface area contributed by atoms with Crippen molar-refractivity contribution >= 4 is 11.8 Å². The van der Waals surface area contributed by atoms with Gasteiger partial charge in [0.15, 0.2) is 0 Å². The van der Waals surface area contributed by atoms with Crippen LogP contribution in [0.1, 0.15) is 30.9 Å². The molecule has 2 aromatic rings. The third-order valence-electron chi connectivity index (χ3n) is 3.89. The fourth-order valence-electron chi connectivity index (χ4n) is 2.66. The molecule has 110 valence electrons. The Balaban J connectivity index is 1.71. The van der Waals surface area contributed by atoms with Crippen LogP contribution in [0.25, 0.3) is 0 Å². The van der Waals surface area contributed by atoms with Gasteiger partial charge in [0.25, 0.3) is 0 Å². The Morgan fingerprint density at radius 3 is 2.90 bits per heavy atom. The van der Waals surface area contributed by atoms with Crippen molar-refractivity contribution in [2.24, 2.45) is 0 Å². The summed E-state index contributed by atoms with van der Waals surface area (Å²) in [6, 6.07) is 10.6. The van der Waals surface area contributed by atoms with Crippen LogP contribution >= 0.6 is 0 Å². The first-order valence-electron chi connectivity index (χ1n) is 7.75. The summed E-state index contributed by atoms with van der Waals surface area (Å²) in [5.74, 6) is 1.75. The highest BCUT2D eigenvalue weighted by Gasteiger charge is 2.18. The Morgan fingerprint density at radius 1 is 1.19 bits per heavy atom. The molecule has 0 unspecified atom stereocenters. The molecule has 1 aliphatic rings. The van der Waals surface area contributed by atoms with Crippen molar-refractivity contribution in [3.8, 4) is 0 Å². The molecule has 0 fully saturated rings. The van der Waals surface area contributed by atoms with Crippen molar-refractivity contribution in [1.29, 1.82) is 0 Å². The van der Waals surface area contributed by atoms with Crippen LogP contribution in [0, 0.1) is 0 Å². The summed E-state index contributed by atoms with van der Waals surface area (Å²) in [7, 11) is 0. The number of fused-ring (bicyclic) bond motifs is 1. The maximum Gasteiger partial charge on any atom is 0.227 e. The quantitative estimate of drug-likeness (QED) is 0.855. The predicted octanol–water partition coefficient (Wildman–Crippen LogP) is 3.25. The minimum atomic E-state index is 0.825. The summed E-state index contributed by atoms with van der Waals surface area (Å²) >= 11 is 0. The van der Waals surface area contributed by atoms with E-state index in [1.54, 1.807) is 0 Å². The van der Waals surface area contributed by atoms with Gasteiger partial charge in [0.05, 0.1) is 0 Å². The topological polar surface area (TPSA) is 41.1 Å². The van der Waals surface area contributed by atoms with E-state index < -0.39 is 0 Å². The third-order valence-corrected chi connectivity index (χ3v) is 3.89. The van der Waals surface area contributed by atoms with E-state index >= 15 is 0 Å². The molecular weight excluding hydrogens is 260 g/mol. The molecule has 1 aromatic heterocycles. The van der Waals surface area contributed by atoms with Crippen LogP contribution in [-0.4, -0.2) is 23.1 Å². The molecule has 0 atom stereocenters. The molecule has 4 heteroatoms. The number of nitrogens with one attached hydrogen (secondary N) is 1. The Kier molecular flexibility index (Phi) is 4.34. The zero-order valence-corrected chi connectivity index (χ0v) is 12.5. The summed E-state index contributed by atoms with van der Waals surface area (Å²) < 4.78 is 0. The van der Waals surface area contributed by atoms with Crippen LogP contribution in [0.3, 0.4) is 0 Å². The van der Waals surface area contributed by atoms with Gasteiger partial charge in [-0.3, -0.25) is 0 Å². The van der Waals surface area contributed by atoms with Crippen molar-refractivity contribution < 1.29 is 0 Å². The summed E-state index contributed by atoms with van der Waals surface area (Å²) in [5, 5.41) is 3.37. The lowest BCUT2D eigenvalue weighted by Gasteiger charge is -2.28. The molecule has 0 spiro atoms. The standard InChI is InChI=1S/C17H22N4/c1-2-3-10-18-16-8-11-19-17(20-16)21-12-9-14-6-4-5-7-15(14)13-21/h4-8,11H,2-3,9-10,12-13H2,1H3,(H,18,19,20). The van der Waals surface area contributed by atoms with Gasteiger partial charge in [-0.2, -0.15) is 4.98 Å². The third kappa shape index (κ3) is 3.32. The second kappa shape index (κ2) is 6.57. The van der Waals surface area contributed by atoms with Crippen LogP contribution in [-0.2, 0) is 13.0 Å². The van der Waals surface area contributed by atoms with Gasteiger partial charge < -0.3 is 10.2 Å². The lowest BCUT2D eigenvalue weighted by Crippen LogP contribution is -2.31. The monoisotopic (exact) mass is 282 g/mol. The summed E-state index contributed by atoms with van der Waals surface area (Å²) in [6.45, 7) is 5.04. The number of hydrogen-bond donors (Lipinski definition) is 1. The van der Waals surface area contributed by atoms with Crippen LogP contribution in [0.2, 0.25) is 0 Å². The minimum Gasteiger partial charge on any atom is -0.370 e. The Hall–Kier alpha value is -2.10. The Bertz CT molecular complexity index is 597. The maximum atomic E-state index is 4.64. The lowest BCUT2D eigenvalue weighted by molar-refractivity contribution is 0.707. The average Bonchev–Trinajstić information content (AvgIpc) is 2.55. The lowest BCUT2D eigenvalue weighted by atomic mass is 10.0. The van der Waals surface area contributed by atoms with E-state index in [-0.39, 0.29) is 0 Å². The summed E-state index contributed by atoms with van der Waals surface area (Å²) in [6.07, 6.45) is 5.26. The molecule has 21 heavy (non-hydrogen) atoms. The van der Waals surface area contributed by atoms with Crippen molar-refractivity contribution in [3.05, 3.63) is 47.7 Å². The van der Waals surface area contributed by atoms with Gasteiger partial charge in [0.1, 0.15) is 5.82 Å². The molecule has 0 aliphatic carbocycles. The first kappa shape index (κ1) is 13.9. The van der Waals surface area contributed by atoms with E-state index in [0.717, 1.165) is 44.2 Å². The molecule has 1 N–H and O–H groups in total. The van der Waals surface area contributed by atoms with E-state index in [9.17, 15) is 0 Å². The SMILES string of the molecule is CCCCNc1ccnc(N2CCc3ccccc3C2)n1. The van der Waals surface area contributed by atoms with Gasteiger partial charge in [-0.15, -0.1) is 0 Å². The van der Waals surface area contributed by atoms with Gasteiger partial charge in [-0.05, 0) is 30.0 Å². The molecule has 1 aliphatic heterocycles. The Morgan fingerprint density at radius 2 is 2.05 bits per heavy atom. The van der Waals surface area contributed by atoms with E-state index in [0.29, 0.717) is 0 Å². The molecule has 0 bridgehead atoms. The number of rotatable bonds is 5. The van der Waals surface area contributed by atoms with Crippen LogP contribution in [0.4, 0.5) is 11.8 Å². The Labute approximate surface area is 126 Å². The summed E-state index contributed by atoms with van der Waals surface area (Å²) in [5.41, 5.74) is 2.84. The molecule has 0 radical (unpaired) electrons. The van der Waals surface area contributed by atoms with Crippen molar-refractivity contribution in [1.82, 2.24) is 9.97 Å². The minimum absolute atomic E-state index is 0.825. The molecular formula is C17H22N4. The first-order valence-corrected chi connectivity index (χ1v) is 7.75. The molecule has 3 rings (SSSR count). The normalized spacial score (nSPS) is 13.9. The zero-order chi connectivity index (χ0) is 14.5. The molecule has 0 saturated heterocycles. The van der Waals surface area contributed by atoms with Crippen LogP contribution in [0.15, 0.2) is 36.5 Å². The summed E-state index contributed by atoms with van der Waals surface area (Å²) in [4.78, 5) is 11.3. The second-order valence-corrected chi connectivity index (χ2v) is 5.46.